The van der Waals surface area contributed by atoms with E-state index in [1.165, 1.54) is 0 Å². The highest BCUT2D eigenvalue weighted by Crippen LogP contribution is 2.23. The van der Waals surface area contributed by atoms with Crippen molar-refractivity contribution in [3.8, 4) is 0 Å². The lowest BCUT2D eigenvalue weighted by molar-refractivity contribution is -0.115. The highest BCUT2D eigenvalue weighted by Gasteiger charge is 2.14. The predicted molar refractivity (Wildman–Crippen MR) is 117 cm³/mol. The standard InChI is InChI=1S/C23H23N5O2/c1-13-9-19-20(28-30-21(19)10-14(13)2)12-22(29)26-17-5-7-18(8-6-17)27-23-24-15(3)11-16(4)25-23/h5-11H,12H2,1-4H3,(H,26,29)(H,24,25,27). The average Bonchev–Trinajstić information content (AvgIpc) is 3.04. The van der Waals surface area contributed by atoms with Crippen LogP contribution in [-0.2, 0) is 11.2 Å². The number of nitrogens with one attached hydrogen (secondary N) is 2. The first-order chi connectivity index (χ1) is 14.4. The molecule has 7 nitrogen and oxygen atoms in total. The molecule has 4 aromatic rings. The number of benzene rings is 2. The molecule has 0 radical (unpaired) electrons. The van der Waals surface area contributed by atoms with Gasteiger partial charge in [0.15, 0.2) is 5.58 Å². The van der Waals surface area contributed by atoms with Gasteiger partial charge < -0.3 is 15.2 Å². The van der Waals surface area contributed by atoms with Gasteiger partial charge in [0.05, 0.1) is 6.42 Å². The molecular formula is C23H23N5O2. The average molecular weight is 401 g/mol. The maximum absolute atomic E-state index is 12.5. The smallest absolute Gasteiger partial charge is 0.230 e. The van der Waals surface area contributed by atoms with E-state index in [0.717, 1.165) is 33.6 Å². The van der Waals surface area contributed by atoms with E-state index in [1.807, 2.05) is 70.2 Å². The van der Waals surface area contributed by atoms with Gasteiger partial charge in [-0.1, -0.05) is 5.16 Å². The number of aryl methyl sites for hydroxylation is 4. The summed E-state index contributed by atoms with van der Waals surface area (Å²) in [4.78, 5) is 21.2. The summed E-state index contributed by atoms with van der Waals surface area (Å²) in [5.41, 5.74) is 6.95. The Hall–Kier alpha value is -3.74. The summed E-state index contributed by atoms with van der Waals surface area (Å²) in [6.07, 6.45) is 0.145. The monoisotopic (exact) mass is 401 g/mol. The third kappa shape index (κ3) is 4.30. The molecule has 0 bridgehead atoms. The van der Waals surface area contributed by atoms with Gasteiger partial charge in [-0.3, -0.25) is 4.79 Å². The van der Waals surface area contributed by atoms with Crippen molar-refractivity contribution in [1.82, 2.24) is 15.1 Å². The number of anilines is 3. The summed E-state index contributed by atoms with van der Waals surface area (Å²) in [5, 5.41) is 11.0. The summed E-state index contributed by atoms with van der Waals surface area (Å²) in [7, 11) is 0. The van der Waals surface area contributed by atoms with Crippen LogP contribution in [0.3, 0.4) is 0 Å². The molecule has 1 amide bonds. The van der Waals surface area contributed by atoms with E-state index >= 15 is 0 Å². The minimum absolute atomic E-state index is 0.145. The molecule has 0 atom stereocenters. The van der Waals surface area contributed by atoms with Gasteiger partial charge in [0.25, 0.3) is 0 Å². The van der Waals surface area contributed by atoms with Gasteiger partial charge in [-0.2, -0.15) is 0 Å². The normalized spacial score (nSPS) is 10.9. The number of rotatable bonds is 5. The topological polar surface area (TPSA) is 92.9 Å². The van der Waals surface area contributed by atoms with E-state index in [4.69, 9.17) is 4.52 Å². The Balaban J connectivity index is 1.42. The number of aromatic nitrogens is 3. The number of carbonyl (C=O) groups excluding carboxylic acids is 1. The third-order valence-electron chi connectivity index (χ3n) is 4.90. The van der Waals surface area contributed by atoms with Crippen LogP contribution in [0.1, 0.15) is 28.2 Å². The maximum Gasteiger partial charge on any atom is 0.230 e. The van der Waals surface area contributed by atoms with Crippen molar-refractivity contribution >= 4 is 34.2 Å². The summed E-state index contributed by atoms with van der Waals surface area (Å²) in [6.45, 7) is 7.91. The van der Waals surface area contributed by atoms with Crippen molar-refractivity contribution in [2.75, 3.05) is 10.6 Å². The Morgan fingerprint density at radius 2 is 1.53 bits per heavy atom. The van der Waals surface area contributed by atoms with Gasteiger partial charge in [0.2, 0.25) is 11.9 Å². The van der Waals surface area contributed by atoms with E-state index < -0.39 is 0 Å². The Bertz CT molecular complexity index is 1210. The fourth-order valence-corrected chi connectivity index (χ4v) is 3.28. The SMILES string of the molecule is Cc1cc(C)nc(Nc2ccc(NC(=O)Cc3noc4cc(C)c(C)cc34)cc2)n1. The first-order valence-electron chi connectivity index (χ1n) is 9.72. The number of nitrogens with zero attached hydrogens (tertiary/aromatic N) is 3. The molecule has 0 saturated carbocycles. The molecule has 0 unspecified atom stereocenters. The second-order valence-corrected chi connectivity index (χ2v) is 7.46. The molecule has 2 aromatic heterocycles. The molecule has 7 heteroatoms. The number of fused-ring (bicyclic) bond motifs is 1. The highest BCUT2D eigenvalue weighted by atomic mass is 16.5. The Labute approximate surface area is 174 Å². The third-order valence-corrected chi connectivity index (χ3v) is 4.90. The number of amides is 1. The van der Waals surface area contributed by atoms with Crippen LogP contribution < -0.4 is 10.6 Å². The van der Waals surface area contributed by atoms with Crippen LogP contribution in [0.5, 0.6) is 0 Å². The van der Waals surface area contributed by atoms with Crippen molar-refractivity contribution in [3.63, 3.8) is 0 Å². The number of hydrogen-bond acceptors (Lipinski definition) is 6. The fraction of sp³-hybridized carbons (Fsp3) is 0.217. The molecule has 0 aliphatic carbocycles. The Kier molecular flexibility index (Phi) is 5.18. The summed E-state index contributed by atoms with van der Waals surface area (Å²) in [5.74, 6) is 0.398. The maximum atomic E-state index is 12.5. The molecule has 2 aromatic carbocycles. The Morgan fingerprint density at radius 1 is 0.900 bits per heavy atom. The zero-order valence-electron chi connectivity index (χ0n) is 17.4. The van der Waals surface area contributed by atoms with Gasteiger partial charge in [0, 0.05) is 28.1 Å². The molecule has 0 aliphatic rings. The Morgan fingerprint density at radius 3 is 2.23 bits per heavy atom. The van der Waals surface area contributed by atoms with E-state index in [2.05, 4.69) is 25.8 Å². The summed E-state index contributed by atoms with van der Waals surface area (Å²) < 4.78 is 5.37. The minimum atomic E-state index is -0.151. The summed E-state index contributed by atoms with van der Waals surface area (Å²) >= 11 is 0. The van der Waals surface area contributed by atoms with Gasteiger partial charge in [-0.25, -0.2) is 9.97 Å². The van der Waals surface area contributed by atoms with E-state index in [1.54, 1.807) is 0 Å². The molecule has 0 aliphatic heterocycles. The van der Waals surface area contributed by atoms with Gasteiger partial charge in [-0.05, 0) is 81.3 Å². The molecular weight excluding hydrogens is 378 g/mol. The van der Waals surface area contributed by atoms with Crippen LogP contribution in [-0.4, -0.2) is 21.0 Å². The largest absolute Gasteiger partial charge is 0.356 e. The molecule has 0 spiro atoms. The van der Waals surface area contributed by atoms with E-state index in [-0.39, 0.29) is 12.3 Å². The van der Waals surface area contributed by atoms with Gasteiger partial charge in [0.1, 0.15) is 5.69 Å². The number of carbonyl (C=O) groups is 1. The van der Waals surface area contributed by atoms with Gasteiger partial charge in [-0.15, -0.1) is 0 Å². The first-order valence-corrected chi connectivity index (χ1v) is 9.72. The van der Waals surface area contributed by atoms with Crippen molar-refractivity contribution in [2.24, 2.45) is 0 Å². The quantitative estimate of drug-likeness (QED) is 0.500. The van der Waals surface area contributed by atoms with Crippen LogP contribution in [0.25, 0.3) is 11.0 Å². The second-order valence-electron chi connectivity index (χ2n) is 7.46. The second kappa shape index (κ2) is 7.94. The molecule has 2 N–H and O–H groups in total. The number of hydrogen-bond donors (Lipinski definition) is 2. The van der Waals surface area contributed by atoms with Gasteiger partial charge >= 0.3 is 0 Å². The van der Waals surface area contributed by atoms with Crippen LogP contribution >= 0.6 is 0 Å². The molecule has 0 saturated heterocycles. The molecule has 152 valence electrons. The minimum Gasteiger partial charge on any atom is -0.356 e. The molecule has 2 heterocycles. The van der Waals surface area contributed by atoms with Crippen LogP contribution in [0.15, 0.2) is 47.0 Å². The summed E-state index contributed by atoms with van der Waals surface area (Å²) in [6, 6.07) is 13.3. The zero-order valence-corrected chi connectivity index (χ0v) is 17.4. The lowest BCUT2D eigenvalue weighted by atomic mass is 10.1. The van der Waals surface area contributed by atoms with Crippen LogP contribution in [0.4, 0.5) is 17.3 Å². The van der Waals surface area contributed by atoms with E-state index in [9.17, 15) is 4.79 Å². The van der Waals surface area contributed by atoms with Crippen LogP contribution in [0, 0.1) is 27.7 Å². The fourth-order valence-electron chi connectivity index (χ4n) is 3.28. The van der Waals surface area contributed by atoms with Crippen molar-refractivity contribution in [3.05, 3.63) is 70.7 Å². The molecule has 4 rings (SSSR count). The lowest BCUT2D eigenvalue weighted by Crippen LogP contribution is -2.14. The van der Waals surface area contributed by atoms with E-state index in [0.29, 0.717) is 22.9 Å². The van der Waals surface area contributed by atoms with Crippen molar-refractivity contribution in [1.29, 1.82) is 0 Å². The zero-order chi connectivity index (χ0) is 21.3. The van der Waals surface area contributed by atoms with Crippen molar-refractivity contribution in [2.45, 2.75) is 34.1 Å². The molecule has 0 fully saturated rings. The molecule has 30 heavy (non-hydrogen) atoms. The van der Waals surface area contributed by atoms with Crippen molar-refractivity contribution < 1.29 is 9.32 Å². The highest BCUT2D eigenvalue weighted by molar-refractivity contribution is 5.95. The lowest BCUT2D eigenvalue weighted by Gasteiger charge is -2.08. The van der Waals surface area contributed by atoms with Crippen LogP contribution in [0.2, 0.25) is 0 Å². The first kappa shape index (κ1) is 19.6. The predicted octanol–water partition coefficient (Wildman–Crippen LogP) is 4.78.